The minimum atomic E-state index is -0.371. The molecule has 128 valence electrons. The Morgan fingerprint density at radius 1 is 1.12 bits per heavy atom. The summed E-state index contributed by atoms with van der Waals surface area (Å²) in [6.07, 6.45) is 0. The third kappa shape index (κ3) is 4.80. The summed E-state index contributed by atoms with van der Waals surface area (Å²) in [5.41, 5.74) is 2.47. The number of nitrogens with one attached hydrogen (secondary N) is 2. The summed E-state index contributed by atoms with van der Waals surface area (Å²) in [5.74, 6) is 1.28. The number of halogens is 1. The van der Waals surface area contributed by atoms with E-state index in [9.17, 15) is 4.79 Å². The van der Waals surface area contributed by atoms with Gasteiger partial charge in [-0.15, -0.1) is 0 Å². The van der Waals surface area contributed by atoms with E-state index in [1.807, 2.05) is 45.0 Å². The molecule has 6 heteroatoms. The van der Waals surface area contributed by atoms with Crippen molar-refractivity contribution in [3.63, 3.8) is 0 Å². The molecule has 0 aliphatic heterocycles. The highest BCUT2D eigenvalue weighted by atomic mass is 35.5. The molecule has 0 bridgehead atoms. The number of aryl methyl sites for hydroxylation is 2. The SMILES string of the molecule is CCOc1ccccc1NC(=O)NCOc1cc(C)c(Cl)c(C)c1. The van der Waals surface area contributed by atoms with Gasteiger partial charge in [0.15, 0.2) is 6.73 Å². The first-order valence-electron chi connectivity index (χ1n) is 7.67. The minimum Gasteiger partial charge on any atom is -0.492 e. The van der Waals surface area contributed by atoms with Gasteiger partial charge in [0.05, 0.1) is 12.3 Å². The van der Waals surface area contributed by atoms with Crippen molar-refractivity contribution < 1.29 is 14.3 Å². The van der Waals surface area contributed by atoms with Crippen molar-refractivity contribution in [2.75, 3.05) is 18.7 Å². The number of para-hydroxylation sites is 2. The van der Waals surface area contributed by atoms with Crippen LogP contribution in [-0.4, -0.2) is 19.4 Å². The van der Waals surface area contributed by atoms with Gasteiger partial charge < -0.3 is 20.1 Å². The number of urea groups is 1. The molecule has 2 aromatic carbocycles. The Morgan fingerprint density at radius 2 is 1.79 bits per heavy atom. The molecule has 0 aliphatic rings. The molecule has 5 nitrogen and oxygen atoms in total. The monoisotopic (exact) mass is 348 g/mol. The molecule has 2 aromatic rings. The summed E-state index contributed by atoms with van der Waals surface area (Å²) >= 11 is 6.12. The standard InChI is InChI=1S/C18H21ClN2O3/c1-4-23-16-8-6-5-7-15(16)21-18(22)20-11-24-14-9-12(2)17(19)13(3)10-14/h5-10H,4,11H2,1-3H3,(H2,20,21,22). The van der Waals surface area contributed by atoms with Crippen LogP contribution in [0.2, 0.25) is 5.02 Å². The number of anilines is 1. The van der Waals surface area contributed by atoms with Crippen LogP contribution in [0.5, 0.6) is 11.5 Å². The molecular weight excluding hydrogens is 328 g/mol. The van der Waals surface area contributed by atoms with Crippen LogP contribution in [-0.2, 0) is 0 Å². The highest BCUT2D eigenvalue weighted by Gasteiger charge is 2.07. The fourth-order valence-corrected chi connectivity index (χ4v) is 2.30. The molecule has 0 heterocycles. The van der Waals surface area contributed by atoms with E-state index in [4.69, 9.17) is 21.1 Å². The smallest absolute Gasteiger partial charge is 0.321 e. The molecule has 0 unspecified atom stereocenters. The van der Waals surface area contributed by atoms with Crippen molar-refractivity contribution >= 4 is 23.3 Å². The maximum atomic E-state index is 12.0. The van der Waals surface area contributed by atoms with Crippen molar-refractivity contribution in [3.8, 4) is 11.5 Å². The lowest BCUT2D eigenvalue weighted by molar-refractivity contribution is 0.234. The highest BCUT2D eigenvalue weighted by Crippen LogP contribution is 2.26. The van der Waals surface area contributed by atoms with Gasteiger partial charge in [-0.25, -0.2) is 4.79 Å². The lowest BCUT2D eigenvalue weighted by atomic mass is 10.1. The number of carbonyl (C=O) groups excluding carboxylic acids is 1. The molecule has 0 aliphatic carbocycles. The van der Waals surface area contributed by atoms with Crippen molar-refractivity contribution in [1.29, 1.82) is 0 Å². The summed E-state index contributed by atoms with van der Waals surface area (Å²) in [6, 6.07) is 10.5. The van der Waals surface area contributed by atoms with Crippen molar-refractivity contribution in [2.45, 2.75) is 20.8 Å². The molecule has 2 rings (SSSR count). The maximum Gasteiger partial charge on any atom is 0.321 e. The molecule has 0 spiro atoms. The van der Waals surface area contributed by atoms with E-state index in [1.165, 1.54) is 0 Å². The number of rotatable bonds is 6. The quantitative estimate of drug-likeness (QED) is 0.755. The second-order valence-electron chi connectivity index (χ2n) is 5.22. The van der Waals surface area contributed by atoms with Crippen molar-refractivity contribution in [3.05, 3.63) is 52.5 Å². The average Bonchev–Trinajstić information content (AvgIpc) is 2.54. The molecule has 0 saturated heterocycles. The van der Waals surface area contributed by atoms with Crippen LogP contribution in [0.1, 0.15) is 18.1 Å². The second kappa shape index (κ2) is 8.45. The largest absolute Gasteiger partial charge is 0.492 e. The third-order valence-corrected chi connectivity index (χ3v) is 3.91. The van der Waals surface area contributed by atoms with Gasteiger partial charge in [-0.3, -0.25) is 0 Å². The van der Waals surface area contributed by atoms with Crippen LogP contribution in [0.4, 0.5) is 10.5 Å². The molecule has 0 atom stereocenters. The van der Waals surface area contributed by atoms with Crippen molar-refractivity contribution in [1.82, 2.24) is 5.32 Å². The number of benzene rings is 2. The zero-order chi connectivity index (χ0) is 17.5. The van der Waals surface area contributed by atoms with Crippen LogP contribution in [0.25, 0.3) is 0 Å². The first-order chi connectivity index (χ1) is 11.5. The van der Waals surface area contributed by atoms with Crippen LogP contribution >= 0.6 is 11.6 Å². The summed E-state index contributed by atoms with van der Waals surface area (Å²) in [4.78, 5) is 12.0. The van der Waals surface area contributed by atoms with Crippen LogP contribution in [0, 0.1) is 13.8 Å². The Labute approximate surface area is 146 Å². The predicted octanol–water partition coefficient (Wildman–Crippen LogP) is 4.51. The van der Waals surface area contributed by atoms with Gasteiger partial charge in [0.1, 0.15) is 11.5 Å². The molecule has 0 radical (unpaired) electrons. The molecule has 0 aromatic heterocycles. The Bertz CT molecular complexity index is 696. The summed E-state index contributed by atoms with van der Waals surface area (Å²) in [6.45, 7) is 6.28. The Balaban J connectivity index is 1.88. The lowest BCUT2D eigenvalue weighted by Crippen LogP contribution is -2.32. The van der Waals surface area contributed by atoms with E-state index in [1.54, 1.807) is 12.1 Å². The number of carbonyl (C=O) groups is 1. The first kappa shape index (κ1) is 17.9. The fraction of sp³-hybridized carbons (Fsp3) is 0.278. The van der Waals surface area contributed by atoms with Gasteiger partial charge >= 0.3 is 6.03 Å². The summed E-state index contributed by atoms with van der Waals surface area (Å²) in [7, 11) is 0. The maximum absolute atomic E-state index is 12.0. The zero-order valence-electron chi connectivity index (χ0n) is 14.0. The van der Waals surface area contributed by atoms with E-state index in [2.05, 4.69) is 10.6 Å². The molecule has 2 N–H and O–H groups in total. The van der Waals surface area contributed by atoms with Crippen LogP contribution in [0.15, 0.2) is 36.4 Å². The molecule has 24 heavy (non-hydrogen) atoms. The third-order valence-electron chi connectivity index (χ3n) is 3.32. The highest BCUT2D eigenvalue weighted by molar-refractivity contribution is 6.32. The van der Waals surface area contributed by atoms with E-state index in [0.717, 1.165) is 16.1 Å². The van der Waals surface area contributed by atoms with Gasteiger partial charge in [-0.2, -0.15) is 0 Å². The predicted molar refractivity (Wildman–Crippen MR) is 96.2 cm³/mol. The van der Waals surface area contributed by atoms with Gasteiger partial charge in [0, 0.05) is 5.02 Å². The first-order valence-corrected chi connectivity index (χ1v) is 8.05. The lowest BCUT2D eigenvalue weighted by Gasteiger charge is -2.13. The van der Waals surface area contributed by atoms with Crippen LogP contribution < -0.4 is 20.1 Å². The normalized spacial score (nSPS) is 10.2. The van der Waals surface area contributed by atoms with E-state index >= 15 is 0 Å². The average molecular weight is 349 g/mol. The van der Waals surface area contributed by atoms with E-state index < -0.39 is 0 Å². The zero-order valence-corrected chi connectivity index (χ0v) is 14.7. The fourth-order valence-electron chi connectivity index (χ4n) is 2.19. The molecule has 2 amide bonds. The number of ether oxygens (including phenoxy) is 2. The Kier molecular flexibility index (Phi) is 6.32. The molecule has 0 saturated carbocycles. The second-order valence-corrected chi connectivity index (χ2v) is 5.60. The van der Waals surface area contributed by atoms with E-state index in [0.29, 0.717) is 23.8 Å². The topological polar surface area (TPSA) is 59.6 Å². The number of hydrogen-bond acceptors (Lipinski definition) is 3. The number of hydrogen-bond donors (Lipinski definition) is 2. The summed E-state index contributed by atoms with van der Waals surface area (Å²) in [5, 5.41) is 6.10. The minimum absolute atomic E-state index is 0.0448. The Morgan fingerprint density at radius 3 is 2.46 bits per heavy atom. The van der Waals surface area contributed by atoms with Crippen molar-refractivity contribution in [2.24, 2.45) is 0 Å². The van der Waals surface area contributed by atoms with Gasteiger partial charge in [0.2, 0.25) is 0 Å². The van der Waals surface area contributed by atoms with Crippen LogP contribution in [0.3, 0.4) is 0 Å². The van der Waals surface area contributed by atoms with Gasteiger partial charge in [-0.1, -0.05) is 23.7 Å². The molecule has 0 fully saturated rings. The summed E-state index contributed by atoms with van der Waals surface area (Å²) < 4.78 is 11.0. The van der Waals surface area contributed by atoms with Gasteiger partial charge in [0.25, 0.3) is 0 Å². The van der Waals surface area contributed by atoms with Gasteiger partial charge in [-0.05, 0) is 56.2 Å². The number of amides is 2. The molecular formula is C18H21ClN2O3. The Hall–Kier alpha value is -2.40. The van der Waals surface area contributed by atoms with E-state index in [-0.39, 0.29) is 12.8 Å².